The Morgan fingerprint density at radius 3 is 2.79 bits per heavy atom. The van der Waals surface area contributed by atoms with Gasteiger partial charge in [0.1, 0.15) is 0 Å². The first-order chi connectivity index (χ1) is 6.69. The monoisotopic (exact) mass is 213 g/mol. The van der Waals surface area contributed by atoms with E-state index in [9.17, 15) is 0 Å². The van der Waals surface area contributed by atoms with Crippen molar-refractivity contribution in [2.75, 3.05) is 5.73 Å². The van der Waals surface area contributed by atoms with Gasteiger partial charge in [0.25, 0.3) is 0 Å². The van der Waals surface area contributed by atoms with Crippen LogP contribution in [0.1, 0.15) is 33.1 Å². The summed E-state index contributed by atoms with van der Waals surface area (Å²) in [5.41, 5.74) is 7.29. The lowest BCUT2D eigenvalue weighted by molar-refractivity contribution is 0.848. The molecule has 0 spiro atoms. The zero-order valence-corrected chi connectivity index (χ0v) is 9.38. The number of hydrogen-bond donors (Lipinski definition) is 1. The van der Waals surface area contributed by atoms with Gasteiger partial charge < -0.3 is 5.73 Å². The lowest BCUT2D eigenvalue weighted by Crippen LogP contribution is -1.96. The lowest BCUT2D eigenvalue weighted by Gasteiger charge is -2.03. The summed E-state index contributed by atoms with van der Waals surface area (Å²) in [5.74, 6) is 0. The minimum atomic E-state index is 0.376. The van der Waals surface area contributed by atoms with Crippen LogP contribution in [0.2, 0.25) is 5.15 Å². The molecular weight excluding hydrogens is 198 g/mol. The van der Waals surface area contributed by atoms with Gasteiger partial charge in [0.15, 0.2) is 5.15 Å². The van der Waals surface area contributed by atoms with Crippen molar-refractivity contribution in [2.45, 2.75) is 33.1 Å². The van der Waals surface area contributed by atoms with Crippen molar-refractivity contribution in [3.63, 3.8) is 0 Å². The van der Waals surface area contributed by atoms with E-state index in [0.29, 0.717) is 10.8 Å². The highest BCUT2D eigenvalue weighted by Crippen LogP contribution is 2.19. The van der Waals surface area contributed by atoms with Crippen LogP contribution in [0.3, 0.4) is 0 Å². The molecule has 0 aliphatic rings. The topological polar surface area (TPSA) is 43.8 Å². The maximum Gasteiger partial charge on any atom is 0.174 e. The van der Waals surface area contributed by atoms with Crippen LogP contribution in [0.5, 0.6) is 0 Å². The van der Waals surface area contributed by atoms with Gasteiger partial charge in [-0.15, -0.1) is 0 Å². The van der Waals surface area contributed by atoms with Gasteiger partial charge in [-0.3, -0.25) is 0 Å². The van der Waals surface area contributed by atoms with E-state index in [1.165, 1.54) is 0 Å². The normalized spacial score (nSPS) is 12.1. The molecule has 0 amide bonds. The largest absolute Gasteiger partial charge is 0.395 e. The first kappa shape index (κ1) is 11.1. The molecular formula is C10H16ClN3. The fourth-order valence-electron chi connectivity index (χ4n) is 1.22. The van der Waals surface area contributed by atoms with Crippen molar-refractivity contribution in [1.29, 1.82) is 0 Å². The first-order valence-corrected chi connectivity index (χ1v) is 5.26. The van der Waals surface area contributed by atoms with Crippen molar-refractivity contribution in [3.8, 4) is 0 Å². The number of rotatable bonds is 4. The van der Waals surface area contributed by atoms with E-state index in [2.05, 4.69) is 25.0 Å². The molecule has 0 atom stereocenters. The van der Waals surface area contributed by atoms with Crippen molar-refractivity contribution in [2.24, 2.45) is 0 Å². The second kappa shape index (κ2) is 5.05. The number of allylic oxidation sites excluding steroid dienone is 2. The quantitative estimate of drug-likeness (QED) is 0.835. The van der Waals surface area contributed by atoms with E-state index in [-0.39, 0.29) is 0 Å². The van der Waals surface area contributed by atoms with Crippen molar-refractivity contribution in [3.05, 3.63) is 17.4 Å². The Balaban J connectivity index is 2.89. The van der Waals surface area contributed by atoms with Crippen LogP contribution in [0, 0.1) is 0 Å². The van der Waals surface area contributed by atoms with Gasteiger partial charge in [0.05, 0.1) is 11.9 Å². The highest BCUT2D eigenvalue weighted by atomic mass is 35.5. The number of nitrogens with two attached hydrogens (primary N) is 1. The molecule has 4 heteroatoms. The fourth-order valence-corrected chi connectivity index (χ4v) is 1.35. The van der Waals surface area contributed by atoms with Crippen LogP contribution >= 0.6 is 11.6 Å². The van der Waals surface area contributed by atoms with Gasteiger partial charge in [-0.1, -0.05) is 37.9 Å². The summed E-state index contributed by atoms with van der Waals surface area (Å²) in [6.07, 6.45) is 7.04. The van der Waals surface area contributed by atoms with E-state index in [1.54, 1.807) is 10.9 Å². The van der Waals surface area contributed by atoms with Gasteiger partial charge in [-0.2, -0.15) is 5.10 Å². The summed E-state index contributed by atoms with van der Waals surface area (Å²) >= 11 is 5.78. The molecule has 0 aliphatic heterocycles. The molecule has 1 rings (SSSR count). The Kier molecular flexibility index (Phi) is 4.01. The standard InChI is InChI=1S/C10H16ClN3/c1-3-5-6-8(4-2)14-7-9(12)10(11)13-14/h6-7H,3-5,12H2,1-2H3/b8-6+. The third-order valence-corrected chi connectivity index (χ3v) is 2.31. The Labute approximate surface area is 89.5 Å². The zero-order chi connectivity index (χ0) is 10.6. The Morgan fingerprint density at radius 1 is 1.64 bits per heavy atom. The smallest absolute Gasteiger partial charge is 0.174 e. The molecule has 1 aromatic heterocycles. The molecule has 0 aliphatic carbocycles. The fraction of sp³-hybridized carbons (Fsp3) is 0.500. The summed E-state index contributed by atoms with van der Waals surface area (Å²) in [6, 6.07) is 0. The van der Waals surface area contributed by atoms with Crippen LogP contribution in [0.15, 0.2) is 12.3 Å². The maximum absolute atomic E-state index is 5.78. The highest BCUT2D eigenvalue weighted by molar-refractivity contribution is 6.31. The Hall–Kier alpha value is -0.960. The van der Waals surface area contributed by atoms with E-state index in [0.717, 1.165) is 25.0 Å². The van der Waals surface area contributed by atoms with Gasteiger partial charge >= 0.3 is 0 Å². The van der Waals surface area contributed by atoms with E-state index in [1.807, 2.05) is 0 Å². The molecule has 3 nitrogen and oxygen atoms in total. The van der Waals surface area contributed by atoms with E-state index in [4.69, 9.17) is 17.3 Å². The number of nitrogens with zero attached hydrogens (tertiary/aromatic N) is 2. The molecule has 1 aromatic rings. The second-order valence-electron chi connectivity index (χ2n) is 3.16. The third kappa shape index (κ3) is 2.51. The van der Waals surface area contributed by atoms with Gasteiger partial charge in [-0.25, -0.2) is 4.68 Å². The number of halogens is 1. The molecule has 0 unspecified atom stereocenters. The highest BCUT2D eigenvalue weighted by Gasteiger charge is 2.04. The predicted molar refractivity (Wildman–Crippen MR) is 61.1 cm³/mol. The number of aromatic nitrogens is 2. The third-order valence-electron chi connectivity index (χ3n) is 2.02. The molecule has 0 bridgehead atoms. The molecule has 2 N–H and O–H groups in total. The molecule has 0 aromatic carbocycles. The zero-order valence-electron chi connectivity index (χ0n) is 8.63. The van der Waals surface area contributed by atoms with Crippen molar-refractivity contribution >= 4 is 23.0 Å². The van der Waals surface area contributed by atoms with Gasteiger partial charge in [0.2, 0.25) is 0 Å². The van der Waals surface area contributed by atoms with Crippen LogP contribution in [0.25, 0.3) is 5.70 Å². The average molecular weight is 214 g/mol. The predicted octanol–water partition coefficient (Wildman–Crippen LogP) is 3.17. The summed E-state index contributed by atoms with van der Waals surface area (Å²) in [4.78, 5) is 0. The van der Waals surface area contributed by atoms with Crippen LogP contribution in [0.4, 0.5) is 5.69 Å². The Morgan fingerprint density at radius 2 is 2.36 bits per heavy atom. The molecule has 1 heterocycles. The molecule has 0 saturated carbocycles. The molecule has 0 fully saturated rings. The number of nitrogen functional groups attached to an aromatic ring is 1. The minimum absolute atomic E-state index is 0.376. The maximum atomic E-state index is 5.78. The Bertz CT molecular complexity index is 309. The number of anilines is 1. The summed E-state index contributed by atoms with van der Waals surface area (Å²) < 4.78 is 1.76. The van der Waals surface area contributed by atoms with Crippen molar-refractivity contribution < 1.29 is 0 Å². The van der Waals surface area contributed by atoms with E-state index >= 15 is 0 Å². The molecule has 14 heavy (non-hydrogen) atoms. The number of hydrogen-bond acceptors (Lipinski definition) is 2. The van der Waals surface area contributed by atoms with Crippen LogP contribution in [-0.2, 0) is 0 Å². The van der Waals surface area contributed by atoms with Crippen molar-refractivity contribution in [1.82, 2.24) is 9.78 Å². The van der Waals surface area contributed by atoms with Crippen LogP contribution in [-0.4, -0.2) is 9.78 Å². The lowest BCUT2D eigenvalue weighted by atomic mass is 10.2. The molecule has 78 valence electrons. The second-order valence-corrected chi connectivity index (χ2v) is 3.52. The summed E-state index contributed by atoms with van der Waals surface area (Å²) in [7, 11) is 0. The van der Waals surface area contributed by atoms with E-state index < -0.39 is 0 Å². The van der Waals surface area contributed by atoms with Gasteiger partial charge in [-0.05, 0) is 12.8 Å². The number of unbranched alkanes of at least 4 members (excludes halogenated alkanes) is 1. The average Bonchev–Trinajstić information content (AvgIpc) is 2.48. The summed E-state index contributed by atoms with van der Waals surface area (Å²) in [5, 5.41) is 4.50. The van der Waals surface area contributed by atoms with Crippen LogP contribution < -0.4 is 5.73 Å². The molecule has 0 saturated heterocycles. The molecule has 0 radical (unpaired) electrons. The minimum Gasteiger partial charge on any atom is -0.395 e. The van der Waals surface area contributed by atoms with Gasteiger partial charge in [0, 0.05) is 5.70 Å². The SMILES string of the molecule is CCC/C=C(\CC)n1cc(N)c(Cl)n1. The first-order valence-electron chi connectivity index (χ1n) is 4.89. The summed E-state index contributed by atoms with van der Waals surface area (Å²) in [6.45, 7) is 4.24.